The van der Waals surface area contributed by atoms with Gasteiger partial charge in [0.15, 0.2) is 0 Å². The number of rotatable bonds is 8. The highest BCUT2D eigenvalue weighted by Crippen LogP contribution is 2.36. The third-order valence-electron chi connectivity index (χ3n) is 6.21. The molecule has 0 N–H and O–H groups in total. The largest absolute Gasteiger partial charge is 0.491 e. The third-order valence-corrected chi connectivity index (χ3v) is 11.3. The molecule has 3 aromatic carbocycles. The Balaban J connectivity index is 1.48. The lowest BCUT2D eigenvalue weighted by Crippen LogP contribution is -2.66. The molecule has 1 fully saturated rings. The Labute approximate surface area is 195 Å². The van der Waals surface area contributed by atoms with E-state index in [0.29, 0.717) is 13.2 Å². The molecule has 0 amide bonds. The fraction of sp³-hybridized carbons (Fsp3) is 0.357. The van der Waals surface area contributed by atoms with E-state index in [4.69, 9.17) is 10.5 Å². The molecule has 3 nitrogen and oxygen atoms in total. The highest BCUT2D eigenvalue weighted by atomic mass is 28.4. The molecular weight excluding hydrogens is 410 g/mol. The zero-order valence-corrected chi connectivity index (χ0v) is 20.5. The fourth-order valence-electron chi connectivity index (χ4n) is 4.68. The van der Waals surface area contributed by atoms with Crippen LogP contribution in [0.5, 0.6) is 5.75 Å². The van der Waals surface area contributed by atoms with E-state index in [9.17, 15) is 0 Å². The summed E-state index contributed by atoms with van der Waals surface area (Å²) in [4.78, 5) is 2.15. The van der Waals surface area contributed by atoms with E-state index >= 15 is 0 Å². The van der Waals surface area contributed by atoms with Crippen molar-refractivity contribution in [2.75, 3.05) is 31.2 Å². The molecule has 0 aliphatic carbocycles. The van der Waals surface area contributed by atoms with Gasteiger partial charge in [-0.3, -0.25) is 0 Å². The highest BCUT2D eigenvalue weighted by Gasteiger charge is 2.50. The van der Waals surface area contributed by atoms with Gasteiger partial charge in [-0.2, -0.15) is 0 Å². The number of benzene rings is 3. The van der Waals surface area contributed by atoms with Gasteiger partial charge >= 0.3 is 0 Å². The Kier molecular flexibility index (Phi) is 6.61. The lowest BCUT2D eigenvalue weighted by molar-refractivity contribution is 0.208. The Bertz CT molecular complexity index is 966. The van der Waals surface area contributed by atoms with Crippen LogP contribution in [-0.2, 0) is 4.43 Å². The molecular formula is C28H35NO2Si. The molecule has 1 atom stereocenters. The summed E-state index contributed by atoms with van der Waals surface area (Å²) >= 11 is 0. The zero-order chi connectivity index (χ0) is 23.3. The number of hydrogen-bond donors (Lipinski definition) is 0. The maximum absolute atomic E-state index is 8.15. The molecule has 3 aromatic rings. The molecule has 0 bridgehead atoms. The van der Waals surface area contributed by atoms with Gasteiger partial charge in [0.05, 0.1) is 6.61 Å². The Morgan fingerprint density at radius 2 is 1.41 bits per heavy atom. The Morgan fingerprint density at radius 1 is 0.812 bits per heavy atom. The average molecular weight is 447 g/mol. The number of ether oxygens (including phenoxy) is 1. The summed E-state index contributed by atoms with van der Waals surface area (Å²) in [6.45, 7) is 8.71. The summed E-state index contributed by atoms with van der Waals surface area (Å²) in [5.41, 5.74) is 1.10. The van der Waals surface area contributed by atoms with Gasteiger partial charge in [0.2, 0.25) is 0 Å². The lowest BCUT2D eigenvalue weighted by atomic mass is 10.2. The van der Waals surface area contributed by atoms with Crippen LogP contribution in [0.25, 0.3) is 0 Å². The molecule has 1 saturated heterocycles. The van der Waals surface area contributed by atoms with Crippen molar-refractivity contribution in [3.05, 3.63) is 84.9 Å². The van der Waals surface area contributed by atoms with Crippen LogP contribution in [0.1, 0.15) is 35.0 Å². The van der Waals surface area contributed by atoms with Crippen molar-refractivity contribution in [3.8, 4) is 5.75 Å². The molecule has 1 aliphatic heterocycles. The summed E-state index contributed by atoms with van der Waals surface area (Å²) in [6.07, 6.45) is 2.03. The van der Waals surface area contributed by atoms with Gasteiger partial charge in [0.1, 0.15) is 12.4 Å². The van der Waals surface area contributed by atoms with Crippen molar-refractivity contribution < 1.29 is 10.5 Å². The van der Waals surface area contributed by atoms with Crippen LogP contribution in [0.15, 0.2) is 84.9 Å². The second-order valence-corrected chi connectivity index (χ2v) is 13.7. The quantitative estimate of drug-likeness (QED) is 0.349. The van der Waals surface area contributed by atoms with Gasteiger partial charge in [-0.15, -0.1) is 0 Å². The summed E-state index contributed by atoms with van der Waals surface area (Å²) in [7, 11) is -2.53. The van der Waals surface area contributed by atoms with Crippen molar-refractivity contribution in [3.63, 3.8) is 0 Å². The molecule has 0 radical (unpaired) electrons. The van der Waals surface area contributed by atoms with E-state index in [-0.39, 0.29) is 11.6 Å². The van der Waals surface area contributed by atoms with E-state index in [1.54, 1.807) is 0 Å². The minimum atomic E-state index is -2.53. The van der Waals surface area contributed by atoms with Gasteiger partial charge in [0.25, 0.3) is 8.32 Å². The number of anilines is 1. The standard InChI is InChI=1S/C28H35NO2Si/c1-28(2,3)32(26-12-6-4-7-13-26,27-14-8-5-9-15-27)31-23-22-30-25-18-16-24(17-19-25)29-20-10-11-21-29/h4-9,12-19H,10-11,20-23H2,1-3H3/i20D. The Morgan fingerprint density at radius 3 is 1.91 bits per heavy atom. The van der Waals surface area contributed by atoms with Gasteiger partial charge in [-0.05, 0) is 52.5 Å². The second kappa shape index (κ2) is 9.93. The number of nitrogens with zero attached hydrogens (tertiary/aromatic N) is 1. The molecule has 4 rings (SSSR count). The van der Waals surface area contributed by atoms with Crippen molar-refractivity contribution >= 4 is 24.4 Å². The van der Waals surface area contributed by atoms with E-state index in [0.717, 1.165) is 30.8 Å². The van der Waals surface area contributed by atoms with E-state index in [1.807, 2.05) is 12.1 Å². The van der Waals surface area contributed by atoms with Crippen LogP contribution in [0.2, 0.25) is 5.04 Å². The van der Waals surface area contributed by atoms with E-state index < -0.39 is 8.32 Å². The predicted molar refractivity (Wildman–Crippen MR) is 137 cm³/mol. The van der Waals surface area contributed by atoms with Gasteiger partial charge in [0, 0.05) is 20.1 Å². The first-order valence-electron chi connectivity index (χ1n) is 12.2. The van der Waals surface area contributed by atoms with Crippen molar-refractivity contribution in [1.82, 2.24) is 0 Å². The fourth-order valence-corrected chi connectivity index (χ4v) is 9.23. The van der Waals surface area contributed by atoms with E-state index in [1.165, 1.54) is 10.4 Å². The summed E-state index contributed by atoms with van der Waals surface area (Å²) in [5, 5.41) is 2.52. The predicted octanol–water partition coefficient (Wildman–Crippen LogP) is 5.24. The van der Waals surface area contributed by atoms with Crippen LogP contribution in [0.3, 0.4) is 0 Å². The Hall–Kier alpha value is -2.56. The topological polar surface area (TPSA) is 21.7 Å². The maximum Gasteiger partial charge on any atom is 0.261 e. The van der Waals surface area contributed by atoms with Gasteiger partial charge < -0.3 is 14.1 Å². The van der Waals surface area contributed by atoms with Crippen LogP contribution in [0.4, 0.5) is 5.69 Å². The second-order valence-electron chi connectivity index (χ2n) is 9.37. The van der Waals surface area contributed by atoms with Crippen molar-refractivity contribution in [2.45, 2.75) is 38.7 Å². The van der Waals surface area contributed by atoms with Crippen molar-refractivity contribution in [2.24, 2.45) is 0 Å². The molecule has 1 unspecified atom stereocenters. The van der Waals surface area contributed by atoms with Crippen LogP contribution in [-0.4, -0.2) is 34.6 Å². The average Bonchev–Trinajstić information content (AvgIpc) is 3.26. The maximum atomic E-state index is 8.15. The minimum Gasteiger partial charge on any atom is -0.491 e. The summed E-state index contributed by atoms with van der Waals surface area (Å²) in [6, 6.07) is 29.5. The minimum absolute atomic E-state index is 0.0418. The van der Waals surface area contributed by atoms with Crippen LogP contribution in [0, 0.1) is 0 Å². The van der Waals surface area contributed by atoms with Crippen molar-refractivity contribution in [1.29, 1.82) is 0 Å². The molecule has 4 heteroatoms. The molecule has 0 aromatic heterocycles. The number of hydrogen-bond acceptors (Lipinski definition) is 3. The van der Waals surface area contributed by atoms with Crippen LogP contribution >= 0.6 is 0 Å². The third kappa shape index (κ3) is 4.77. The summed E-state index contributed by atoms with van der Waals surface area (Å²) in [5.74, 6) is 0.838. The van der Waals surface area contributed by atoms with Crippen LogP contribution < -0.4 is 20.0 Å². The zero-order valence-electron chi connectivity index (χ0n) is 20.5. The molecule has 32 heavy (non-hydrogen) atoms. The van der Waals surface area contributed by atoms with Gasteiger partial charge in [-0.25, -0.2) is 0 Å². The monoisotopic (exact) mass is 446 g/mol. The molecule has 168 valence electrons. The van der Waals surface area contributed by atoms with Gasteiger partial charge in [-0.1, -0.05) is 81.4 Å². The normalized spacial score (nSPS) is 17.3. The molecule has 1 aliphatic rings. The lowest BCUT2D eigenvalue weighted by Gasteiger charge is -2.43. The molecule has 0 saturated carbocycles. The SMILES string of the molecule is [2H]C1CCCN1c1ccc(OCCO[Si](c2ccccc2)(c2ccccc2)C(C)(C)C)cc1. The highest BCUT2D eigenvalue weighted by molar-refractivity contribution is 6.99. The smallest absolute Gasteiger partial charge is 0.261 e. The first kappa shape index (κ1) is 21.3. The first-order chi connectivity index (χ1) is 15.9. The molecule has 1 heterocycles. The summed E-state index contributed by atoms with van der Waals surface area (Å²) < 4.78 is 21.1. The first-order valence-corrected chi connectivity index (χ1v) is 13.5. The molecule has 0 spiro atoms. The van der Waals surface area contributed by atoms with E-state index in [2.05, 4.69) is 98.5 Å².